The Labute approximate surface area is 172 Å². The smallest absolute Gasteiger partial charge is 0.262 e. The topological polar surface area (TPSA) is 94.5 Å². The van der Waals surface area contributed by atoms with Crippen molar-refractivity contribution < 1.29 is 19.1 Å². The van der Waals surface area contributed by atoms with Crippen molar-refractivity contribution >= 4 is 28.2 Å². The molecule has 3 aromatic rings. The number of benzene rings is 1. The number of nitrogens with zero attached hydrogens (tertiary/aromatic N) is 2. The number of imidazole rings is 1. The molecule has 2 N–H and O–H groups in total. The summed E-state index contributed by atoms with van der Waals surface area (Å²) in [4.78, 5) is 29.0. The Hall–Kier alpha value is -3.33. The number of hydrogen-bond donors (Lipinski definition) is 2. The molecular weight excluding hydrogens is 392 g/mol. The summed E-state index contributed by atoms with van der Waals surface area (Å²) in [5, 5.41) is 6.32. The van der Waals surface area contributed by atoms with Crippen LogP contribution in [-0.2, 0) is 11.8 Å². The van der Waals surface area contributed by atoms with Gasteiger partial charge in [0, 0.05) is 32.4 Å². The summed E-state index contributed by atoms with van der Waals surface area (Å²) in [6.07, 6.45) is 3.48. The number of ether oxygens (including phenoxy) is 2. The van der Waals surface area contributed by atoms with E-state index < -0.39 is 6.04 Å². The van der Waals surface area contributed by atoms with Gasteiger partial charge in [-0.15, -0.1) is 11.3 Å². The maximum absolute atomic E-state index is 12.9. The van der Waals surface area contributed by atoms with E-state index in [4.69, 9.17) is 9.47 Å². The van der Waals surface area contributed by atoms with Gasteiger partial charge in [-0.2, -0.15) is 0 Å². The van der Waals surface area contributed by atoms with Crippen molar-refractivity contribution in [2.45, 2.75) is 13.0 Å². The van der Waals surface area contributed by atoms with E-state index in [1.165, 1.54) is 18.3 Å². The second-order valence-corrected chi connectivity index (χ2v) is 7.38. The Kier molecular flexibility index (Phi) is 6.18. The predicted molar refractivity (Wildman–Crippen MR) is 111 cm³/mol. The van der Waals surface area contributed by atoms with Crippen LogP contribution in [0, 0.1) is 0 Å². The van der Waals surface area contributed by atoms with Crippen molar-refractivity contribution in [1.29, 1.82) is 0 Å². The van der Waals surface area contributed by atoms with Crippen LogP contribution in [-0.4, -0.2) is 35.6 Å². The highest BCUT2D eigenvalue weighted by Gasteiger charge is 2.23. The molecule has 0 spiro atoms. The van der Waals surface area contributed by atoms with Gasteiger partial charge in [0.2, 0.25) is 5.91 Å². The predicted octanol–water partition coefficient (Wildman–Crippen LogP) is 2.98. The van der Waals surface area contributed by atoms with Crippen LogP contribution in [0.15, 0.2) is 42.7 Å². The average Bonchev–Trinajstić information content (AvgIpc) is 3.34. The number of anilines is 1. The van der Waals surface area contributed by atoms with Crippen molar-refractivity contribution in [1.82, 2.24) is 14.9 Å². The summed E-state index contributed by atoms with van der Waals surface area (Å²) in [6, 6.07) is 8.27. The van der Waals surface area contributed by atoms with Crippen LogP contribution in [0.25, 0.3) is 0 Å². The van der Waals surface area contributed by atoms with Gasteiger partial charge in [-0.1, -0.05) is 0 Å². The maximum atomic E-state index is 12.9. The Balaban J connectivity index is 1.95. The molecule has 29 heavy (non-hydrogen) atoms. The summed E-state index contributed by atoms with van der Waals surface area (Å²) in [7, 11) is 5.00. The van der Waals surface area contributed by atoms with Crippen LogP contribution in [0.5, 0.6) is 11.5 Å². The van der Waals surface area contributed by atoms with Crippen molar-refractivity contribution in [2.75, 3.05) is 19.5 Å². The number of hydrogen-bond acceptors (Lipinski definition) is 6. The number of aromatic nitrogens is 2. The van der Waals surface area contributed by atoms with E-state index >= 15 is 0 Å². The molecule has 2 heterocycles. The minimum Gasteiger partial charge on any atom is -0.497 e. The van der Waals surface area contributed by atoms with Crippen molar-refractivity contribution in [3.63, 3.8) is 0 Å². The average molecular weight is 414 g/mol. The first-order valence-electron chi connectivity index (χ1n) is 8.79. The highest BCUT2D eigenvalue weighted by molar-refractivity contribution is 7.18. The van der Waals surface area contributed by atoms with Crippen molar-refractivity contribution in [2.24, 2.45) is 7.05 Å². The van der Waals surface area contributed by atoms with Crippen LogP contribution in [0.4, 0.5) is 5.00 Å². The van der Waals surface area contributed by atoms with Crippen molar-refractivity contribution in [3.8, 4) is 11.5 Å². The lowest BCUT2D eigenvalue weighted by Crippen LogP contribution is -2.30. The van der Waals surface area contributed by atoms with Crippen LogP contribution >= 0.6 is 11.3 Å². The van der Waals surface area contributed by atoms with E-state index in [2.05, 4.69) is 15.6 Å². The van der Waals surface area contributed by atoms with E-state index in [9.17, 15) is 9.59 Å². The second-order valence-electron chi connectivity index (χ2n) is 6.29. The molecule has 0 aliphatic rings. The molecule has 3 rings (SSSR count). The standard InChI is InChI=1S/C20H22N4O4S/c1-12(25)22-17-6-5-16(29-17)20(26)23-18(19-21-7-8-24(19)2)13-9-14(27-3)11-15(10-13)28-4/h5-11,18H,1-4H3,(H,22,25)(H,23,26). The lowest BCUT2D eigenvalue weighted by atomic mass is 10.0. The number of amides is 2. The third kappa shape index (κ3) is 4.75. The minimum absolute atomic E-state index is 0.187. The van der Waals surface area contributed by atoms with Gasteiger partial charge in [0.25, 0.3) is 5.91 Å². The van der Waals surface area contributed by atoms with Gasteiger partial charge >= 0.3 is 0 Å². The fourth-order valence-corrected chi connectivity index (χ4v) is 3.71. The molecule has 2 aromatic heterocycles. The van der Waals surface area contributed by atoms with Gasteiger partial charge in [0.1, 0.15) is 23.4 Å². The van der Waals surface area contributed by atoms with Crippen LogP contribution in [0.3, 0.4) is 0 Å². The minimum atomic E-state index is -0.530. The van der Waals surface area contributed by atoms with Gasteiger partial charge < -0.3 is 24.7 Å². The molecule has 2 amide bonds. The highest BCUT2D eigenvalue weighted by Crippen LogP contribution is 2.30. The van der Waals surface area contributed by atoms with E-state index in [1.54, 1.807) is 38.6 Å². The van der Waals surface area contributed by atoms with E-state index in [0.29, 0.717) is 27.2 Å². The number of thiophene rings is 1. The molecule has 0 saturated carbocycles. The normalized spacial score (nSPS) is 11.6. The molecule has 152 valence electrons. The maximum Gasteiger partial charge on any atom is 0.262 e. The van der Waals surface area contributed by atoms with Gasteiger partial charge in [-0.05, 0) is 29.8 Å². The van der Waals surface area contributed by atoms with Crippen molar-refractivity contribution in [3.05, 3.63) is 59.0 Å². The number of nitrogens with one attached hydrogen (secondary N) is 2. The van der Waals surface area contributed by atoms with E-state index in [1.807, 2.05) is 29.9 Å². The van der Waals surface area contributed by atoms with Crippen LogP contribution in [0.2, 0.25) is 0 Å². The summed E-state index contributed by atoms with van der Waals surface area (Å²) >= 11 is 1.20. The highest BCUT2D eigenvalue weighted by atomic mass is 32.1. The summed E-state index contributed by atoms with van der Waals surface area (Å²) in [5.74, 6) is 1.41. The molecule has 1 aromatic carbocycles. The summed E-state index contributed by atoms with van der Waals surface area (Å²) in [5.41, 5.74) is 0.766. The Morgan fingerprint density at radius 2 is 1.83 bits per heavy atom. The fraction of sp³-hybridized carbons (Fsp3) is 0.250. The van der Waals surface area contributed by atoms with E-state index in [0.717, 1.165) is 5.56 Å². The zero-order valence-electron chi connectivity index (χ0n) is 16.6. The quantitative estimate of drug-likeness (QED) is 0.620. The SMILES string of the molecule is COc1cc(OC)cc(C(NC(=O)c2ccc(NC(C)=O)s2)c2nccn2C)c1. The molecule has 0 aliphatic heterocycles. The zero-order chi connectivity index (χ0) is 21.0. The lowest BCUT2D eigenvalue weighted by Gasteiger charge is -2.20. The molecule has 0 fully saturated rings. The van der Waals surface area contributed by atoms with Gasteiger partial charge in [0.15, 0.2) is 0 Å². The van der Waals surface area contributed by atoms with Gasteiger partial charge in [0.05, 0.1) is 24.1 Å². The Morgan fingerprint density at radius 1 is 1.14 bits per heavy atom. The number of methoxy groups -OCH3 is 2. The first-order valence-corrected chi connectivity index (χ1v) is 9.61. The molecule has 9 heteroatoms. The first kappa shape index (κ1) is 20.4. The van der Waals surface area contributed by atoms with Crippen LogP contribution < -0.4 is 20.1 Å². The van der Waals surface area contributed by atoms with Gasteiger partial charge in [-0.3, -0.25) is 9.59 Å². The Morgan fingerprint density at radius 3 is 2.38 bits per heavy atom. The number of aryl methyl sites for hydroxylation is 1. The molecular formula is C20H22N4O4S. The third-order valence-corrected chi connectivity index (χ3v) is 5.23. The molecule has 8 nitrogen and oxygen atoms in total. The Bertz CT molecular complexity index is 1000. The largest absolute Gasteiger partial charge is 0.497 e. The monoisotopic (exact) mass is 414 g/mol. The summed E-state index contributed by atoms with van der Waals surface area (Å²) < 4.78 is 12.6. The fourth-order valence-electron chi connectivity index (χ4n) is 2.85. The van der Waals surface area contributed by atoms with Gasteiger partial charge in [-0.25, -0.2) is 4.98 Å². The first-order chi connectivity index (χ1) is 13.9. The zero-order valence-corrected chi connectivity index (χ0v) is 17.4. The molecule has 1 atom stereocenters. The third-order valence-electron chi connectivity index (χ3n) is 4.23. The molecule has 0 aliphatic carbocycles. The molecule has 0 bridgehead atoms. The molecule has 0 saturated heterocycles. The molecule has 0 radical (unpaired) electrons. The lowest BCUT2D eigenvalue weighted by molar-refractivity contribution is -0.114. The number of rotatable bonds is 7. The molecule has 1 unspecified atom stereocenters. The van der Waals surface area contributed by atoms with E-state index in [-0.39, 0.29) is 11.8 Å². The second kappa shape index (κ2) is 8.78. The number of carbonyl (C=O) groups excluding carboxylic acids is 2. The van der Waals surface area contributed by atoms with Crippen LogP contribution in [0.1, 0.15) is 34.0 Å². The number of carbonyl (C=O) groups is 2. The summed E-state index contributed by atoms with van der Waals surface area (Å²) in [6.45, 7) is 1.42.